The molecule has 0 amide bonds. The molecule has 0 atom stereocenters. The van der Waals surface area contributed by atoms with E-state index in [9.17, 15) is 8.42 Å². The van der Waals surface area contributed by atoms with Gasteiger partial charge in [0, 0.05) is 19.5 Å². The maximum absolute atomic E-state index is 11.8. The highest BCUT2D eigenvalue weighted by Gasteiger charge is 2.46. The van der Waals surface area contributed by atoms with Crippen LogP contribution in [-0.2, 0) is 9.84 Å². The Bertz CT molecular complexity index is 375. The average Bonchev–Trinajstić information content (AvgIpc) is 2.78. The summed E-state index contributed by atoms with van der Waals surface area (Å²) in [5.41, 5.74) is -0.176. The van der Waals surface area contributed by atoms with Gasteiger partial charge >= 0.3 is 0 Å². The van der Waals surface area contributed by atoms with Gasteiger partial charge in [-0.25, -0.2) is 8.42 Å². The Morgan fingerprint density at radius 2 is 2.07 bits per heavy atom. The molecule has 1 N–H and O–H groups in total. The van der Waals surface area contributed by atoms with Crippen LogP contribution in [0.5, 0.6) is 0 Å². The van der Waals surface area contributed by atoms with E-state index in [0.717, 1.165) is 25.9 Å². The molecule has 0 aromatic rings. The molecule has 5 heteroatoms. The molecule has 1 saturated carbocycles. The largest absolute Gasteiger partial charge is 0.316 e. The number of rotatable bonds is 5. The third-order valence-electron chi connectivity index (χ3n) is 3.29. The lowest BCUT2D eigenvalue weighted by atomic mass is 10.1. The first kappa shape index (κ1) is 10.9. The second-order valence-electron chi connectivity index (χ2n) is 4.91. The minimum absolute atomic E-state index is 0.176. The molecule has 1 aliphatic heterocycles. The Kier molecular flexibility index (Phi) is 2.73. The zero-order valence-corrected chi connectivity index (χ0v) is 9.52. The Balaban J connectivity index is 1.89. The topological polar surface area (TPSA) is 70.0 Å². The van der Waals surface area contributed by atoms with Crippen LogP contribution in [0.25, 0.3) is 0 Å². The normalized spacial score (nSPS) is 24.2. The van der Waals surface area contributed by atoms with Crippen molar-refractivity contribution in [3.05, 3.63) is 0 Å². The first-order valence-corrected chi connectivity index (χ1v) is 7.16. The third-order valence-corrected chi connectivity index (χ3v) is 5.32. The molecule has 2 rings (SSSR count). The van der Waals surface area contributed by atoms with E-state index in [1.54, 1.807) is 0 Å². The van der Waals surface area contributed by atoms with Crippen LogP contribution in [0, 0.1) is 22.7 Å². The number of sulfone groups is 1. The predicted octanol–water partition coefficient (Wildman–Crippen LogP) is 0.314. The number of nitriles is 1. The summed E-state index contributed by atoms with van der Waals surface area (Å²) in [4.78, 5) is 0. The van der Waals surface area contributed by atoms with Gasteiger partial charge in [0.05, 0.1) is 17.6 Å². The number of hydrogen-bond acceptors (Lipinski definition) is 4. The lowest BCUT2D eigenvalue weighted by Crippen LogP contribution is -2.46. The van der Waals surface area contributed by atoms with Crippen molar-refractivity contribution in [2.75, 3.05) is 24.6 Å². The van der Waals surface area contributed by atoms with Crippen molar-refractivity contribution in [2.24, 2.45) is 11.3 Å². The molecule has 0 radical (unpaired) electrons. The molecule has 15 heavy (non-hydrogen) atoms. The average molecular weight is 228 g/mol. The molecule has 2 aliphatic rings. The Hall–Kier alpha value is -0.600. The number of nitrogens with one attached hydrogen (secondary N) is 1. The molecule has 0 aromatic heterocycles. The van der Waals surface area contributed by atoms with Crippen molar-refractivity contribution in [1.29, 1.82) is 5.26 Å². The maximum Gasteiger partial charge on any atom is 0.151 e. The van der Waals surface area contributed by atoms with E-state index in [1.165, 1.54) is 0 Å². The summed E-state index contributed by atoms with van der Waals surface area (Å²) in [5, 5.41) is 11.7. The summed E-state index contributed by atoms with van der Waals surface area (Å²) in [5.74, 6) is 0.824. The quantitative estimate of drug-likeness (QED) is 0.735. The minimum atomic E-state index is -2.95. The summed E-state index contributed by atoms with van der Waals surface area (Å²) >= 11 is 0. The summed E-state index contributed by atoms with van der Waals surface area (Å²) < 4.78 is 23.7. The standard InChI is InChI=1S/C10H16N2O2S/c11-4-3-10(1-2-10)8-15(13,14)7-9-5-12-6-9/h9,12H,1-3,5-8H2. The second-order valence-corrected chi connectivity index (χ2v) is 7.02. The summed E-state index contributed by atoms with van der Waals surface area (Å²) in [6, 6.07) is 2.10. The predicted molar refractivity (Wildman–Crippen MR) is 56.9 cm³/mol. The first-order valence-electron chi connectivity index (χ1n) is 5.33. The van der Waals surface area contributed by atoms with Crippen LogP contribution in [0.1, 0.15) is 19.3 Å². The van der Waals surface area contributed by atoms with E-state index in [1.807, 2.05) is 0 Å². The SMILES string of the molecule is N#CCC1(CS(=O)(=O)CC2CNC2)CC1. The highest BCUT2D eigenvalue weighted by Crippen LogP contribution is 2.49. The molecule has 2 fully saturated rings. The van der Waals surface area contributed by atoms with E-state index >= 15 is 0 Å². The molecule has 0 unspecified atom stereocenters. The van der Waals surface area contributed by atoms with Crippen LogP contribution < -0.4 is 5.32 Å². The van der Waals surface area contributed by atoms with Crippen molar-refractivity contribution >= 4 is 9.84 Å². The zero-order chi connectivity index (χ0) is 10.9. The van der Waals surface area contributed by atoms with Crippen molar-refractivity contribution < 1.29 is 8.42 Å². The fourth-order valence-electron chi connectivity index (χ4n) is 2.07. The van der Waals surface area contributed by atoms with Gasteiger partial charge in [-0.2, -0.15) is 5.26 Å². The third kappa shape index (κ3) is 2.70. The van der Waals surface area contributed by atoms with Crippen LogP contribution in [0.2, 0.25) is 0 Å². The Morgan fingerprint density at radius 1 is 1.40 bits per heavy atom. The second kappa shape index (κ2) is 3.76. The van der Waals surface area contributed by atoms with Gasteiger partial charge in [0.15, 0.2) is 9.84 Å². The molecule has 0 bridgehead atoms. The van der Waals surface area contributed by atoms with Gasteiger partial charge in [-0.15, -0.1) is 0 Å². The molecule has 1 aliphatic carbocycles. The van der Waals surface area contributed by atoms with Crippen LogP contribution in [0.15, 0.2) is 0 Å². The molecular weight excluding hydrogens is 212 g/mol. The van der Waals surface area contributed by atoms with E-state index in [4.69, 9.17) is 5.26 Å². The molecule has 84 valence electrons. The van der Waals surface area contributed by atoms with Crippen molar-refractivity contribution in [1.82, 2.24) is 5.32 Å². The molecule has 1 saturated heterocycles. The van der Waals surface area contributed by atoms with Crippen LogP contribution >= 0.6 is 0 Å². The Morgan fingerprint density at radius 3 is 2.47 bits per heavy atom. The van der Waals surface area contributed by atoms with E-state index in [2.05, 4.69) is 11.4 Å². The monoisotopic (exact) mass is 228 g/mol. The summed E-state index contributed by atoms with van der Waals surface area (Å²) in [6.07, 6.45) is 2.21. The maximum atomic E-state index is 11.8. The fraction of sp³-hybridized carbons (Fsp3) is 0.900. The van der Waals surface area contributed by atoms with Crippen molar-refractivity contribution in [3.63, 3.8) is 0 Å². The van der Waals surface area contributed by atoms with E-state index in [-0.39, 0.29) is 11.2 Å². The Labute approximate surface area is 90.6 Å². The van der Waals surface area contributed by atoms with Gasteiger partial charge in [0.25, 0.3) is 0 Å². The van der Waals surface area contributed by atoms with Crippen molar-refractivity contribution in [3.8, 4) is 6.07 Å². The van der Waals surface area contributed by atoms with Crippen LogP contribution in [-0.4, -0.2) is 33.0 Å². The number of hydrogen-bond donors (Lipinski definition) is 1. The fourth-order valence-corrected chi connectivity index (χ4v) is 4.46. The van der Waals surface area contributed by atoms with Crippen LogP contribution in [0.3, 0.4) is 0 Å². The van der Waals surface area contributed by atoms with Crippen molar-refractivity contribution in [2.45, 2.75) is 19.3 Å². The van der Waals surface area contributed by atoms with Gasteiger partial charge in [0.2, 0.25) is 0 Å². The van der Waals surface area contributed by atoms with Gasteiger partial charge in [-0.05, 0) is 24.2 Å². The lowest BCUT2D eigenvalue weighted by Gasteiger charge is -2.27. The van der Waals surface area contributed by atoms with Gasteiger partial charge in [0.1, 0.15) is 0 Å². The molecular formula is C10H16N2O2S. The van der Waals surface area contributed by atoms with Crippen LogP contribution in [0.4, 0.5) is 0 Å². The first-order chi connectivity index (χ1) is 7.05. The van der Waals surface area contributed by atoms with Gasteiger partial charge in [-0.3, -0.25) is 0 Å². The van der Waals surface area contributed by atoms with Gasteiger partial charge in [-0.1, -0.05) is 0 Å². The molecule has 1 heterocycles. The molecule has 0 aromatic carbocycles. The lowest BCUT2D eigenvalue weighted by molar-refractivity contribution is 0.377. The minimum Gasteiger partial charge on any atom is -0.316 e. The number of nitrogens with zero attached hydrogens (tertiary/aromatic N) is 1. The highest BCUT2D eigenvalue weighted by molar-refractivity contribution is 7.91. The molecule has 0 spiro atoms. The van der Waals surface area contributed by atoms with E-state index in [0.29, 0.717) is 18.1 Å². The smallest absolute Gasteiger partial charge is 0.151 e. The highest BCUT2D eigenvalue weighted by atomic mass is 32.2. The summed E-state index contributed by atoms with van der Waals surface area (Å²) in [6.45, 7) is 1.65. The van der Waals surface area contributed by atoms with E-state index < -0.39 is 9.84 Å². The molecule has 4 nitrogen and oxygen atoms in total. The zero-order valence-electron chi connectivity index (χ0n) is 8.70. The summed E-state index contributed by atoms with van der Waals surface area (Å²) in [7, 11) is -2.95. The van der Waals surface area contributed by atoms with Gasteiger partial charge < -0.3 is 5.32 Å².